The fourth-order valence-corrected chi connectivity index (χ4v) is 3.21. The van der Waals surface area contributed by atoms with Crippen LogP contribution in [0.4, 0.5) is 26.3 Å². The van der Waals surface area contributed by atoms with E-state index in [4.69, 9.17) is 30.5 Å². The topological polar surface area (TPSA) is 142 Å². The molecule has 1 saturated carbocycles. The van der Waals surface area contributed by atoms with Crippen LogP contribution in [0.25, 0.3) is 22.2 Å². The molecule has 0 unspecified atom stereocenters. The van der Waals surface area contributed by atoms with Gasteiger partial charge < -0.3 is 20.9 Å². The standard InChI is InChI=1S/C17H18N4.2C2HF3O2/c18-14-3-1-13(9-14)17-20-15-4-2-12(10-16(15)21-17)11-5-7-19-8-6-11;2*3-2(4,5)1(6)7/h2,4-8,10,13-14H,1,3,9,18H2,(H,20,21);2*(H,6,7)/t13-,14+;;/m1../s1. The van der Waals surface area contributed by atoms with E-state index in [1.54, 1.807) is 0 Å². The van der Waals surface area contributed by atoms with Gasteiger partial charge in [0.25, 0.3) is 0 Å². The first kappa shape index (κ1) is 27.6. The maximum absolute atomic E-state index is 10.6. The van der Waals surface area contributed by atoms with Crippen molar-refractivity contribution in [2.75, 3.05) is 0 Å². The Hall–Kier alpha value is -3.68. The van der Waals surface area contributed by atoms with Gasteiger partial charge >= 0.3 is 24.3 Å². The molecule has 1 aliphatic rings. The van der Waals surface area contributed by atoms with Gasteiger partial charge in [-0.2, -0.15) is 26.3 Å². The summed E-state index contributed by atoms with van der Waals surface area (Å²) in [4.78, 5) is 30.1. The number of benzene rings is 1. The average Bonchev–Trinajstić information content (AvgIpc) is 3.39. The lowest BCUT2D eigenvalue weighted by atomic mass is 10.1. The second-order valence-corrected chi connectivity index (χ2v) is 7.47. The third-order valence-corrected chi connectivity index (χ3v) is 4.86. The van der Waals surface area contributed by atoms with Gasteiger partial charge in [0.2, 0.25) is 0 Å². The molecule has 1 aromatic carbocycles. The number of alkyl halides is 6. The molecule has 3 aromatic rings. The number of H-pyrrole nitrogens is 1. The molecule has 8 nitrogen and oxygen atoms in total. The number of pyridine rings is 1. The number of aliphatic carboxylic acids is 2. The molecule has 0 radical (unpaired) electrons. The molecule has 1 aliphatic carbocycles. The van der Waals surface area contributed by atoms with E-state index in [9.17, 15) is 26.3 Å². The minimum absolute atomic E-state index is 0.329. The molecule has 2 aromatic heterocycles. The van der Waals surface area contributed by atoms with E-state index in [2.05, 4.69) is 28.2 Å². The first-order valence-corrected chi connectivity index (χ1v) is 9.94. The molecule has 0 amide bonds. The summed E-state index contributed by atoms with van der Waals surface area (Å²) >= 11 is 0. The van der Waals surface area contributed by atoms with Crippen LogP contribution in [0.1, 0.15) is 31.0 Å². The van der Waals surface area contributed by atoms with Crippen LogP contribution in [-0.2, 0) is 9.59 Å². The highest BCUT2D eigenvalue weighted by Crippen LogP contribution is 2.33. The second-order valence-electron chi connectivity index (χ2n) is 7.47. The highest BCUT2D eigenvalue weighted by atomic mass is 19.4. The molecule has 14 heteroatoms. The molecule has 2 heterocycles. The number of carbonyl (C=O) groups is 2. The van der Waals surface area contributed by atoms with Crippen LogP contribution in [0.3, 0.4) is 0 Å². The summed E-state index contributed by atoms with van der Waals surface area (Å²) in [6, 6.07) is 10.7. The Balaban J connectivity index is 0.000000257. The van der Waals surface area contributed by atoms with Crippen molar-refractivity contribution >= 4 is 23.0 Å². The summed E-state index contributed by atoms with van der Waals surface area (Å²) < 4.78 is 63.5. The van der Waals surface area contributed by atoms with E-state index in [0.717, 1.165) is 36.1 Å². The van der Waals surface area contributed by atoms with Crippen molar-refractivity contribution in [1.29, 1.82) is 0 Å². The minimum atomic E-state index is -5.08. The quantitative estimate of drug-likeness (QED) is 0.375. The Morgan fingerprint density at radius 1 is 0.914 bits per heavy atom. The van der Waals surface area contributed by atoms with Crippen LogP contribution in [0.5, 0.6) is 0 Å². The fraction of sp³-hybridized carbons (Fsp3) is 0.333. The summed E-state index contributed by atoms with van der Waals surface area (Å²) in [7, 11) is 0. The molecule has 0 bridgehead atoms. The third-order valence-electron chi connectivity index (χ3n) is 4.86. The van der Waals surface area contributed by atoms with Gasteiger partial charge in [-0.15, -0.1) is 0 Å². The van der Waals surface area contributed by atoms with Crippen LogP contribution < -0.4 is 5.73 Å². The van der Waals surface area contributed by atoms with Gasteiger partial charge in [-0.1, -0.05) is 6.07 Å². The van der Waals surface area contributed by atoms with Gasteiger partial charge in [0.05, 0.1) is 11.0 Å². The largest absolute Gasteiger partial charge is 0.490 e. The van der Waals surface area contributed by atoms with Crippen molar-refractivity contribution in [3.8, 4) is 11.1 Å². The Kier molecular flexibility index (Phi) is 8.79. The van der Waals surface area contributed by atoms with Gasteiger partial charge in [-0.3, -0.25) is 4.98 Å². The number of hydrogen-bond donors (Lipinski definition) is 4. The van der Waals surface area contributed by atoms with E-state index < -0.39 is 24.3 Å². The lowest BCUT2D eigenvalue weighted by Crippen LogP contribution is -2.21. The number of hydrogen-bond acceptors (Lipinski definition) is 5. The van der Waals surface area contributed by atoms with Gasteiger partial charge in [0.1, 0.15) is 5.82 Å². The van der Waals surface area contributed by atoms with Crippen LogP contribution >= 0.6 is 0 Å². The zero-order valence-corrected chi connectivity index (χ0v) is 17.8. The molecule has 5 N–H and O–H groups in total. The molecule has 190 valence electrons. The van der Waals surface area contributed by atoms with Gasteiger partial charge in [0.15, 0.2) is 0 Å². The maximum Gasteiger partial charge on any atom is 0.490 e. The van der Waals surface area contributed by atoms with Crippen molar-refractivity contribution in [2.45, 2.75) is 43.6 Å². The highest BCUT2D eigenvalue weighted by Gasteiger charge is 2.38. The Morgan fingerprint density at radius 2 is 1.46 bits per heavy atom. The number of nitrogens with one attached hydrogen (secondary N) is 1. The van der Waals surface area contributed by atoms with Crippen LogP contribution in [0, 0.1) is 0 Å². The maximum atomic E-state index is 10.6. The lowest BCUT2D eigenvalue weighted by molar-refractivity contribution is -0.193. The van der Waals surface area contributed by atoms with Crippen molar-refractivity contribution in [1.82, 2.24) is 15.0 Å². The Morgan fingerprint density at radius 3 is 1.91 bits per heavy atom. The predicted octanol–water partition coefficient (Wildman–Crippen LogP) is 4.49. The van der Waals surface area contributed by atoms with E-state index >= 15 is 0 Å². The Labute approximate surface area is 193 Å². The van der Waals surface area contributed by atoms with Crippen LogP contribution in [-0.4, -0.2) is 55.5 Å². The summed E-state index contributed by atoms with van der Waals surface area (Å²) in [6.07, 6.45) is -3.26. The number of carboxylic acids is 2. The number of rotatable bonds is 2. The molecule has 0 aliphatic heterocycles. The number of aromatic nitrogens is 3. The number of nitrogens with two attached hydrogens (primary N) is 1. The summed E-state index contributed by atoms with van der Waals surface area (Å²) in [5, 5.41) is 14.2. The van der Waals surface area contributed by atoms with Gasteiger partial charge in [0, 0.05) is 24.4 Å². The normalized spacial score (nSPS) is 17.7. The Bertz CT molecular complexity index is 1120. The minimum Gasteiger partial charge on any atom is -0.475 e. The van der Waals surface area contributed by atoms with Crippen molar-refractivity contribution < 1.29 is 46.1 Å². The van der Waals surface area contributed by atoms with Crippen molar-refractivity contribution in [2.24, 2.45) is 5.73 Å². The fourth-order valence-electron chi connectivity index (χ4n) is 3.21. The molecule has 0 spiro atoms. The predicted molar refractivity (Wildman–Crippen MR) is 111 cm³/mol. The number of nitrogens with zero attached hydrogens (tertiary/aromatic N) is 2. The van der Waals surface area contributed by atoms with Crippen molar-refractivity contribution in [3.63, 3.8) is 0 Å². The first-order valence-electron chi connectivity index (χ1n) is 9.94. The summed E-state index contributed by atoms with van der Waals surface area (Å²) in [5.41, 5.74) is 10.5. The second kappa shape index (κ2) is 11.2. The van der Waals surface area contributed by atoms with E-state index in [0.29, 0.717) is 12.0 Å². The monoisotopic (exact) mass is 506 g/mol. The van der Waals surface area contributed by atoms with Gasteiger partial charge in [-0.05, 0) is 54.7 Å². The lowest BCUT2D eigenvalue weighted by Gasteiger charge is -2.04. The molecule has 35 heavy (non-hydrogen) atoms. The molecule has 2 atom stereocenters. The van der Waals surface area contributed by atoms with Gasteiger partial charge in [-0.25, -0.2) is 14.6 Å². The molecular weight excluding hydrogens is 486 g/mol. The van der Waals surface area contributed by atoms with Crippen LogP contribution in [0.2, 0.25) is 0 Å². The van der Waals surface area contributed by atoms with E-state index in [1.165, 1.54) is 11.1 Å². The highest BCUT2D eigenvalue weighted by molar-refractivity contribution is 5.82. The molecular formula is C21H20F6N4O4. The number of imidazole rings is 1. The van der Waals surface area contributed by atoms with E-state index in [-0.39, 0.29) is 0 Å². The molecule has 4 rings (SSSR count). The summed E-state index contributed by atoms with van der Waals surface area (Å²) in [5.74, 6) is -3.94. The molecule has 0 saturated heterocycles. The molecule has 1 fully saturated rings. The number of carboxylic acid groups (broad SMARTS) is 2. The van der Waals surface area contributed by atoms with Crippen molar-refractivity contribution in [3.05, 3.63) is 48.5 Å². The first-order chi connectivity index (χ1) is 16.2. The smallest absolute Gasteiger partial charge is 0.475 e. The van der Waals surface area contributed by atoms with E-state index in [1.807, 2.05) is 24.5 Å². The zero-order chi connectivity index (χ0) is 26.4. The number of halogens is 6. The summed E-state index contributed by atoms with van der Waals surface area (Å²) in [6.45, 7) is 0. The van der Waals surface area contributed by atoms with Crippen LogP contribution in [0.15, 0.2) is 42.7 Å². The number of aromatic amines is 1. The number of fused-ring (bicyclic) bond motifs is 1. The third kappa shape index (κ3) is 8.24. The zero-order valence-electron chi connectivity index (χ0n) is 17.8. The SMILES string of the molecule is N[C@H]1CC[C@@H](c2nc3ccc(-c4ccncc4)cc3[nH]2)C1.O=C(O)C(F)(F)F.O=C(O)C(F)(F)F. The average molecular weight is 506 g/mol.